The minimum Gasteiger partial charge on any atom is -0.334 e. The summed E-state index contributed by atoms with van der Waals surface area (Å²) in [5, 5.41) is 0. The number of aromatic nitrogens is 1. The van der Waals surface area contributed by atoms with Gasteiger partial charge in [-0.2, -0.15) is 0 Å². The molecule has 1 aliphatic heterocycles. The van der Waals surface area contributed by atoms with E-state index in [0.717, 1.165) is 24.9 Å². The molecule has 0 spiro atoms. The topological polar surface area (TPSA) is 59.2 Å². The van der Waals surface area contributed by atoms with Crippen molar-refractivity contribution < 1.29 is 4.79 Å². The summed E-state index contributed by atoms with van der Waals surface area (Å²) in [7, 11) is 0. The van der Waals surface area contributed by atoms with Gasteiger partial charge in [0, 0.05) is 18.9 Å². The Balaban J connectivity index is 2.18. The molecule has 1 aromatic rings. The molecule has 104 valence electrons. The van der Waals surface area contributed by atoms with E-state index in [0.29, 0.717) is 0 Å². The number of pyridine rings is 1. The number of hydrogen-bond acceptors (Lipinski definition) is 3. The normalized spacial score (nSPS) is 21.5. The zero-order valence-corrected chi connectivity index (χ0v) is 12.0. The first-order chi connectivity index (χ1) is 8.91. The molecule has 2 atom stereocenters. The lowest BCUT2D eigenvalue weighted by molar-refractivity contribution is -0.135. The fourth-order valence-corrected chi connectivity index (χ4v) is 2.51. The van der Waals surface area contributed by atoms with Gasteiger partial charge >= 0.3 is 0 Å². The van der Waals surface area contributed by atoms with Crippen molar-refractivity contribution in [3.05, 3.63) is 30.1 Å². The first kappa shape index (κ1) is 14.0. The first-order valence-electron chi connectivity index (χ1n) is 6.87. The maximum Gasteiger partial charge on any atom is 0.240 e. The number of nitrogens with zero attached hydrogens (tertiary/aromatic N) is 2. The number of carbonyl (C=O) groups is 1. The van der Waals surface area contributed by atoms with Crippen molar-refractivity contribution >= 4 is 5.91 Å². The summed E-state index contributed by atoms with van der Waals surface area (Å²) < 4.78 is 0. The van der Waals surface area contributed by atoms with Crippen LogP contribution in [0.25, 0.3) is 0 Å². The molecular weight excluding hydrogens is 238 g/mol. The van der Waals surface area contributed by atoms with Crippen LogP contribution >= 0.6 is 0 Å². The van der Waals surface area contributed by atoms with Crippen LogP contribution < -0.4 is 5.73 Å². The summed E-state index contributed by atoms with van der Waals surface area (Å²) in [4.78, 5) is 18.5. The van der Waals surface area contributed by atoms with Crippen molar-refractivity contribution in [3.63, 3.8) is 0 Å². The van der Waals surface area contributed by atoms with Crippen molar-refractivity contribution in [1.82, 2.24) is 9.88 Å². The smallest absolute Gasteiger partial charge is 0.240 e. The molecule has 4 heteroatoms. The van der Waals surface area contributed by atoms with Crippen molar-refractivity contribution in [1.29, 1.82) is 0 Å². The highest BCUT2D eigenvalue weighted by Crippen LogP contribution is 2.33. The third kappa shape index (κ3) is 2.95. The highest BCUT2D eigenvalue weighted by molar-refractivity contribution is 5.83. The zero-order valence-electron chi connectivity index (χ0n) is 12.0. The second-order valence-corrected chi connectivity index (χ2v) is 6.31. The molecular formula is C15H23N3O. The Morgan fingerprint density at radius 3 is 2.63 bits per heavy atom. The van der Waals surface area contributed by atoms with Crippen LogP contribution in [0.15, 0.2) is 24.5 Å². The molecule has 0 bridgehead atoms. The van der Waals surface area contributed by atoms with E-state index in [1.807, 2.05) is 37.8 Å². The molecule has 2 heterocycles. The predicted octanol–water partition coefficient (Wildman–Crippen LogP) is 2.12. The predicted molar refractivity (Wildman–Crippen MR) is 75.4 cm³/mol. The molecule has 1 aliphatic rings. The van der Waals surface area contributed by atoms with Gasteiger partial charge in [-0.1, -0.05) is 20.8 Å². The number of nitrogens with two attached hydrogens (primary N) is 1. The Kier molecular flexibility index (Phi) is 3.90. The van der Waals surface area contributed by atoms with Gasteiger partial charge in [0.25, 0.3) is 0 Å². The van der Waals surface area contributed by atoms with E-state index in [-0.39, 0.29) is 17.4 Å². The minimum absolute atomic E-state index is 0.0619. The van der Waals surface area contributed by atoms with Gasteiger partial charge in [0.2, 0.25) is 5.91 Å². The van der Waals surface area contributed by atoms with Gasteiger partial charge in [-0.25, -0.2) is 0 Å². The molecule has 0 saturated carbocycles. The monoisotopic (exact) mass is 261 g/mol. The van der Waals surface area contributed by atoms with Gasteiger partial charge in [0.1, 0.15) is 0 Å². The Morgan fingerprint density at radius 1 is 1.42 bits per heavy atom. The van der Waals surface area contributed by atoms with E-state index in [1.165, 1.54) is 0 Å². The summed E-state index contributed by atoms with van der Waals surface area (Å²) in [6, 6.07) is 3.68. The summed E-state index contributed by atoms with van der Waals surface area (Å²) >= 11 is 0. The van der Waals surface area contributed by atoms with Crippen LogP contribution in [0.1, 0.15) is 45.2 Å². The molecule has 0 aromatic carbocycles. The van der Waals surface area contributed by atoms with Gasteiger partial charge in [-0.05, 0) is 36.0 Å². The van der Waals surface area contributed by atoms with Crippen LogP contribution in [0.3, 0.4) is 0 Å². The van der Waals surface area contributed by atoms with Gasteiger partial charge in [-0.3, -0.25) is 9.78 Å². The third-order valence-electron chi connectivity index (χ3n) is 3.83. The lowest BCUT2D eigenvalue weighted by Crippen LogP contribution is -2.50. The fraction of sp³-hybridized carbons (Fsp3) is 0.600. The number of likely N-dealkylation sites (tertiary alicyclic amines) is 1. The number of carbonyl (C=O) groups excluding carboxylic acids is 1. The standard InChI is InChI=1S/C15H23N3O/c1-15(2,3)13(16)14(19)18-10-4-5-12(18)11-6-8-17-9-7-11/h6-9,12-13H,4-5,10,16H2,1-3H3. The average molecular weight is 261 g/mol. The van der Waals surface area contributed by atoms with E-state index in [4.69, 9.17) is 5.73 Å². The lowest BCUT2D eigenvalue weighted by atomic mass is 9.86. The molecule has 19 heavy (non-hydrogen) atoms. The van der Waals surface area contributed by atoms with Crippen LogP contribution in [0.2, 0.25) is 0 Å². The average Bonchev–Trinajstić information content (AvgIpc) is 2.86. The van der Waals surface area contributed by atoms with E-state index in [9.17, 15) is 4.79 Å². The van der Waals surface area contributed by atoms with E-state index < -0.39 is 6.04 Å². The highest BCUT2D eigenvalue weighted by Gasteiger charge is 2.36. The molecule has 0 aliphatic carbocycles. The summed E-state index contributed by atoms with van der Waals surface area (Å²) in [6.45, 7) is 6.82. The minimum atomic E-state index is -0.449. The van der Waals surface area contributed by atoms with Gasteiger partial charge in [0.15, 0.2) is 0 Å². The molecule has 4 nitrogen and oxygen atoms in total. The molecule has 0 radical (unpaired) electrons. The van der Waals surface area contributed by atoms with Crippen LogP contribution in [0.4, 0.5) is 0 Å². The van der Waals surface area contributed by atoms with E-state index in [1.54, 1.807) is 12.4 Å². The second kappa shape index (κ2) is 5.29. The largest absolute Gasteiger partial charge is 0.334 e. The van der Waals surface area contributed by atoms with E-state index >= 15 is 0 Å². The maximum atomic E-state index is 12.6. The summed E-state index contributed by atoms with van der Waals surface area (Å²) in [6.07, 6.45) is 5.60. The Bertz CT molecular complexity index is 438. The van der Waals surface area contributed by atoms with Crippen LogP contribution in [0, 0.1) is 5.41 Å². The highest BCUT2D eigenvalue weighted by atomic mass is 16.2. The zero-order chi connectivity index (χ0) is 14.0. The SMILES string of the molecule is CC(C)(C)C(N)C(=O)N1CCCC1c1ccncc1. The van der Waals surface area contributed by atoms with Crippen molar-refractivity contribution in [2.45, 2.75) is 45.7 Å². The van der Waals surface area contributed by atoms with Gasteiger partial charge in [0.05, 0.1) is 12.1 Å². The van der Waals surface area contributed by atoms with Crippen LogP contribution in [-0.4, -0.2) is 28.4 Å². The maximum absolute atomic E-state index is 12.6. The molecule has 2 rings (SSSR count). The molecule has 1 saturated heterocycles. The lowest BCUT2D eigenvalue weighted by Gasteiger charge is -2.33. The fourth-order valence-electron chi connectivity index (χ4n) is 2.51. The number of amides is 1. The number of rotatable bonds is 2. The molecule has 1 amide bonds. The Labute approximate surface area is 115 Å². The first-order valence-corrected chi connectivity index (χ1v) is 6.87. The van der Waals surface area contributed by atoms with Crippen molar-refractivity contribution in [2.24, 2.45) is 11.1 Å². The number of hydrogen-bond donors (Lipinski definition) is 1. The van der Waals surface area contributed by atoms with Crippen molar-refractivity contribution in [2.75, 3.05) is 6.54 Å². The summed E-state index contributed by atoms with van der Waals surface area (Å²) in [5.74, 6) is 0.0619. The van der Waals surface area contributed by atoms with Crippen molar-refractivity contribution in [3.8, 4) is 0 Å². The Morgan fingerprint density at radius 2 is 2.05 bits per heavy atom. The molecule has 1 fully saturated rings. The Hall–Kier alpha value is -1.42. The van der Waals surface area contributed by atoms with E-state index in [2.05, 4.69) is 4.98 Å². The second-order valence-electron chi connectivity index (χ2n) is 6.31. The molecule has 1 aromatic heterocycles. The summed E-state index contributed by atoms with van der Waals surface area (Å²) in [5.41, 5.74) is 7.06. The quantitative estimate of drug-likeness (QED) is 0.887. The third-order valence-corrected chi connectivity index (χ3v) is 3.83. The van der Waals surface area contributed by atoms with Crippen LogP contribution in [-0.2, 0) is 4.79 Å². The van der Waals surface area contributed by atoms with Gasteiger partial charge in [-0.15, -0.1) is 0 Å². The molecule has 2 unspecified atom stereocenters. The van der Waals surface area contributed by atoms with Crippen LogP contribution in [0.5, 0.6) is 0 Å². The van der Waals surface area contributed by atoms with Gasteiger partial charge < -0.3 is 10.6 Å². The molecule has 2 N–H and O–H groups in total.